The van der Waals surface area contributed by atoms with E-state index in [1.54, 1.807) is 0 Å². The van der Waals surface area contributed by atoms with Crippen molar-refractivity contribution in [2.24, 2.45) is 0 Å². The second-order valence-corrected chi connectivity index (χ2v) is 21.7. The van der Waals surface area contributed by atoms with E-state index in [0.29, 0.717) is 0 Å². The van der Waals surface area contributed by atoms with Crippen molar-refractivity contribution in [1.82, 2.24) is 4.57 Å². The fraction of sp³-hybridized carbons (Fsp3) is 0. The molecule has 0 aliphatic heterocycles. The van der Waals surface area contributed by atoms with Crippen LogP contribution in [-0.2, 0) is 0 Å². The molecule has 0 saturated heterocycles. The van der Waals surface area contributed by atoms with Crippen molar-refractivity contribution >= 4 is 150 Å². The van der Waals surface area contributed by atoms with Crippen LogP contribution in [0.4, 0.5) is 34.1 Å². The van der Waals surface area contributed by atoms with Gasteiger partial charge in [0.1, 0.15) is 0 Å². The number of hydrogen-bond donors (Lipinski definition) is 0. The molecule has 0 spiro atoms. The largest absolute Gasteiger partial charge is 0.310 e. The highest BCUT2D eigenvalue weighted by Gasteiger charge is 2.23. The van der Waals surface area contributed by atoms with Crippen molar-refractivity contribution in [2.45, 2.75) is 0 Å². The van der Waals surface area contributed by atoms with Gasteiger partial charge in [-0.15, -0.1) is 34.0 Å². The van der Waals surface area contributed by atoms with Crippen LogP contribution in [0.2, 0.25) is 0 Å². The molecule has 0 amide bonds. The van der Waals surface area contributed by atoms with Gasteiger partial charge in [0.2, 0.25) is 0 Å². The number of fused-ring (bicyclic) bond motifs is 13. The number of anilines is 6. The number of aromatic nitrogens is 1. The van der Waals surface area contributed by atoms with E-state index in [2.05, 4.69) is 263 Å². The minimum Gasteiger partial charge on any atom is -0.310 e. The summed E-state index contributed by atoms with van der Waals surface area (Å²) < 4.78 is 10.2. The number of thiophene rings is 3. The van der Waals surface area contributed by atoms with E-state index in [9.17, 15) is 0 Å². The van der Waals surface area contributed by atoms with Crippen molar-refractivity contribution < 1.29 is 0 Å². The van der Waals surface area contributed by atoms with E-state index in [1.165, 1.54) is 82.3 Å². The minimum absolute atomic E-state index is 1.06. The van der Waals surface area contributed by atoms with Gasteiger partial charge >= 0.3 is 0 Å². The van der Waals surface area contributed by atoms with E-state index in [1.807, 2.05) is 34.0 Å². The lowest BCUT2D eigenvalue weighted by atomic mass is 9.99. The first kappa shape index (κ1) is 41.3. The summed E-state index contributed by atoms with van der Waals surface area (Å²) in [6, 6.07) is 91.9. The number of rotatable bonds is 8. The topological polar surface area (TPSA) is 11.4 Å². The molecule has 0 aliphatic carbocycles. The van der Waals surface area contributed by atoms with Crippen molar-refractivity contribution in [3.05, 3.63) is 249 Å². The molecule has 338 valence electrons. The molecule has 11 aromatic carbocycles. The van der Waals surface area contributed by atoms with Crippen LogP contribution in [0.5, 0.6) is 0 Å². The Morgan fingerprint density at radius 3 is 1.31 bits per heavy atom. The third-order valence-corrected chi connectivity index (χ3v) is 17.8. The van der Waals surface area contributed by atoms with E-state index < -0.39 is 0 Å². The van der Waals surface area contributed by atoms with Crippen LogP contribution in [0.15, 0.2) is 249 Å². The molecule has 15 rings (SSSR count). The van der Waals surface area contributed by atoms with Gasteiger partial charge in [-0.2, -0.15) is 0 Å². The highest BCUT2D eigenvalue weighted by Crippen LogP contribution is 2.48. The average Bonchev–Trinajstić information content (AvgIpc) is 4.21. The van der Waals surface area contributed by atoms with Gasteiger partial charge in [0.15, 0.2) is 0 Å². The minimum atomic E-state index is 1.06. The lowest BCUT2D eigenvalue weighted by Gasteiger charge is -2.30. The summed E-state index contributed by atoms with van der Waals surface area (Å²) in [4.78, 5) is 4.89. The number of para-hydroxylation sites is 3. The Morgan fingerprint density at radius 2 is 0.736 bits per heavy atom. The zero-order chi connectivity index (χ0) is 47.3. The Balaban J connectivity index is 1.02. The van der Waals surface area contributed by atoms with Gasteiger partial charge in [-0.1, -0.05) is 121 Å². The summed E-state index contributed by atoms with van der Waals surface area (Å²) in [6.45, 7) is 0. The van der Waals surface area contributed by atoms with Crippen LogP contribution in [-0.4, -0.2) is 4.57 Å². The van der Waals surface area contributed by atoms with Gasteiger partial charge in [0, 0.05) is 111 Å². The third kappa shape index (κ3) is 6.61. The van der Waals surface area contributed by atoms with Crippen molar-refractivity contribution in [3.8, 4) is 16.8 Å². The van der Waals surface area contributed by atoms with Gasteiger partial charge in [0.05, 0.1) is 11.0 Å². The molecule has 4 heterocycles. The molecule has 0 saturated carbocycles. The van der Waals surface area contributed by atoms with Gasteiger partial charge in [-0.25, -0.2) is 0 Å². The maximum atomic E-state index is 2.46. The van der Waals surface area contributed by atoms with Gasteiger partial charge in [-0.05, 0) is 139 Å². The highest BCUT2D eigenvalue weighted by molar-refractivity contribution is 7.27. The van der Waals surface area contributed by atoms with E-state index in [4.69, 9.17) is 0 Å². The molecule has 72 heavy (non-hydrogen) atoms. The first-order valence-corrected chi connectivity index (χ1v) is 26.8. The quantitative estimate of drug-likeness (QED) is 0.150. The molecular formula is C66H41N3S3. The predicted molar refractivity (Wildman–Crippen MR) is 314 cm³/mol. The zero-order valence-corrected chi connectivity index (χ0v) is 41.2. The summed E-state index contributed by atoms with van der Waals surface area (Å²) in [5.41, 5.74) is 12.3. The third-order valence-electron chi connectivity index (χ3n) is 14.3. The molecule has 0 bridgehead atoms. The Kier molecular flexibility index (Phi) is 9.48. The molecule has 0 fully saturated rings. The first-order chi connectivity index (χ1) is 35.7. The van der Waals surface area contributed by atoms with Gasteiger partial charge in [0.25, 0.3) is 0 Å². The fourth-order valence-electron chi connectivity index (χ4n) is 11.1. The molecule has 0 unspecified atom stereocenters. The van der Waals surface area contributed by atoms with Crippen LogP contribution in [0.1, 0.15) is 0 Å². The van der Waals surface area contributed by atoms with Gasteiger partial charge in [-0.3, -0.25) is 0 Å². The Morgan fingerprint density at radius 1 is 0.264 bits per heavy atom. The van der Waals surface area contributed by atoms with E-state index >= 15 is 0 Å². The van der Waals surface area contributed by atoms with Crippen molar-refractivity contribution in [1.29, 1.82) is 0 Å². The van der Waals surface area contributed by atoms with Crippen LogP contribution >= 0.6 is 34.0 Å². The second kappa shape index (κ2) is 16.5. The summed E-state index contributed by atoms with van der Waals surface area (Å²) in [6.07, 6.45) is 0. The molecule has 15 aromatic rings. The van der Waals surface area contributed by atoms with E-state index in [0.717, 1.165) is 50.9 Å². The molecular weight excluding hydrogens is 931 g/mol. The zero-order valence-electron chi connectivity index (χ0n) is 38.7. The Hall–Kier alpha value is -8.52. The maximum absolute atomic E-state index is 2.46. The van der Waals surface area contributed by atoms with Crippen LogP contribution in [0.25, 0.3) is 99.1 Å². The first-order valence-electron chi connectivity index (χ1n) is 24.3. The fourth-order valence-corrected chi connectivity index (χ4v) is 14.5. The Bertz CT molecular complexity index is 4410. The summed E-state index contributed by atoms with van der Waals surface area (Å²) in [5.74, 6) is 0. The maximum Gasteiger partial charge on any atom is 0.0555 e. The lowest BCUT2D eigenvalue weighted by molar-refractivity contribution is 1.18. The molecule has 3 nitrogen and oxygen atoms in total. The lowest BCUT2D eigenvalue weighted by Crippen LogP contribution is -2.13. The average molecular weight is 972 g/mol. The van der Waals surface area contributed by atoms with Crippen molar-refractivity contribution in [2.75, 3.05) is 9.80 Å². The summed E-state index contributed by atoms with van der Waals surface area (Å²) in [7, 11) is 0. The standard InChI is InChI=1S/C66H41N3S3/c1-4-16-44(17-5-1)67(47-29-34-63-55(40-47)52-23-11-13-25-60(52)70-63)49-36-43(37-50(39-49)68(45-18-6-2-7-19-45)48-30-35-64-56(41-48)53-24-12-14-26-61(53)71-64)42-28-32-58-57(38-42)65-59(69(58)46-20-8-3-9-21-46)33-31-54-51-22-10-15-27-62(51)72-66(54)65/h1-41H. The molecule has 0 radical (unpaired) electrons. The monoisotopic (exact) mass is 971 g/mol. The predicted octanol–water partition coefficient (Wildman–Crippen LogP) is 20.5. The highest BCUT2D eigenvalue weighted by atomic mass is 32.1. The number of hydrogen-bond acceptors (Lipinski definition) is 5. The Labute approximate surface area is 427 Å². The number of nitrogens with zero attached hydrogens (tertiary/aromatic N) is 3. The smallest absolute Gasteiger partial charge is 0.0555 e. The summed E-state index contributed by atoms with van der Waals surface area (Å²) in [5, 5.41) is 10.2. The molecule has 0 atom stereocenters. The van der Waals surface area contributed by atoms with E-state index in [-0.39, 0.29) is 0 Å². The van der Waals surface area contributed by atoms with Crippen molar-refractivity contribution in [3.63, 3.8) is 0 Å². The SMILES string of the molecule is c1ccc(N(c2cc(-c3ccc4c(c3)c3c5sc6ccccc6c5ccc3n4-c3ccccc3)cc(N(c3ccccc3)c3ccc4sc5ccccc5c4c3)c2)c2ccc3sc4ccccc4c3c2)cc1. The summed E-state index contributed by atoms with van der Waals surface area (Å²) >= 11 is 5.61. The second-order valence-electron chi connectivity index (χ2n) is 18.5. The van der Waals surface area contributed by atoms with Crippen LogP contribution in [0, 0.1) is 0 Å². The van der Waals surface area contributed by atoms with Crippen LogP contribution in [0.3, 0.4) is 0 Å². The van der Waals surface area contributed by atoms with Gasteiger partial charge < -0.3 is 14.4 Å². The normalized spacial score (nSPS) is 11.9. The van der Waals surface area contributed by atoms with Crippen LogP contribution < -0.4 is 9.80 Å². The molecule has 4 aromatic heterocycles. The number of benzene rings is 11. The molecule has 0 aliphatic rings. The molecule has 6 heteroatoms. The molecule has 0 N–H and O–H groups in total.